The van der Waals surface area contributed by atoms with Crippen LogP contribution in [0, 0.1) is 12.8 Å². The van der Waals surface area contributed by atoms with Gasteiger partial charge in [-0.1, -0.05) is 25.7 Å². The number of thiophene rings is 1. The van der Waals surface area contributed by atoms with Gasteiger partial charge in [0.1, 0.15) is 6.04 Å². The zero-order chi connectivity index (χ0) is 25.2. The topological polar surface area (TPSA) is 83.1 Å². The van der Waals surface area contributed by atoms with Crippen molar-refractivity contribution in [2.45, 2.75) is 83.1 Å². The van der Waals surface area contributed by atoms with Crippen LogP contribution in [0.3, 0.4) is 0 Å². The molecule has 0 saturated heterocycles. The van der Waals surface area contributed by atoms with Gasteiger partial charge < -0.3 is 16.0 Å². The molecular formula is C25H31F3N4O2S. The first-order valence-corrected chi connectivity index (χ1v) is 12.9. The summed E-state index contributed by atoms with van der Waals surface area (Å²) in [7, 11) is 0. The van der Waals surface area contributed by atoms with Crippen molar-refractivity contribution in [1.29, 1.82) is 0 Å². The summed E-state index contributed by atoms with van der Waals surface area (Å²) < 4.78 is 39.2. The molecule has 35 heavy (non-hydrogen) atoms. The minimum absolute atomic E-state index is 0.118. The number of pyridine rings is 1. The van der Waals surface area contributed by atoms with Crippen LogP contribution in [0.2, 0.25) is 0 Å². The lowest BCUT2D eigenvalue weighted by Crippen LogP contribution is -2.48. The van der Waals surface area contributed by atoms with Gasteiger partial charge in [-0.2, -0.15) is 13.2 Å². The molecule has 6 nitrogen and oxygen atoms in total. The van der Waals surface area contributed by atoms with E-state index in [0.29, 0.717) is 28.6 Å². The molecule has 2 aliphatic rings. The molecule has 2 amide bonds. The predicted molar refractivity (Wildman–Crippen MR) is 129 cm³/mol. The highest BCUT2D eigenvalue weighted by molar-refractivity contribution is 7.14. The minimum Gasteiger partial charge on any atom is -0.376 e. The van der Waals surface area contributed by atoms with Crippen molar-refractivity contribution in [2.75, 3.05) is 5.32 Å². The number of aryl methyl sites for hydroxylation is 1. The fourth-order valence-electron chi connectivity index (χ4n) is 4.42. The number of carbonyl (C=O) groups is 2. The molecule has 0 aliphatic heterocycles. The summed E-state index contributed by atoms with van der Waals surface area (Å²) in [6.07, 6.45) is 3.44. The zero-order valence-electron chi connectivity index (χ0n) is 19.9. The number of carbonyl (C=O) groups excluding carboxylic acids is 2. The molecule has 0 bridgehead atoms. The van der Waals surface area contributed by atoms with E-state index in [4.69, 9.17) is 0 Å². The van der Waals surface area contributed by atoms with Gasteiger partial charge in [-0.15, -0.1) is 11.3 Å². The number of rotatable bonds is 9. The number of nitrogens with zero attached hydrogens (tertiary/aromatic N) is 1. The molecule has 2 heterocycles. The Kier molecular flexibility index (Phi) is 7.68. The van der Waals surface area contributed by atoms with Crippen LogP contribution in [-0.4, -0.2) is 28.9 Å². The molecule has 3 N–H and O–H groups in total. The second-order valence-electron chi connectivity index (χ2n) is 9.62. The molecule has 0 unspecified atom stereocenters. The van der Waals surface area contributed by atoms with E-state index >= 15 is 0 Å². The summed E-state index contributed by atoms with van der Waals surface area (Å²) in [5.74, 6) is 0.0177. The molecule has 2 aromatic heterocycles. The quantitative estimate of drug-likeness (QED) is 0.412. The predicted octanol–water partition coefficient (Wildman–Crippen LogP) is 5.60. The van der Waals surface area contributed by atoms with Gasteiger partial charge in [0.05, 0.1) is 27.9 Å². The Morgan fingerprint density at radius 3 is 2.54 bits per heavy atom. The van der Waals surface area contributed by atoms with E-state index in [9.17, 15) is 22.8 Å². The van der Waals surface area contributed by atoms with Crippen LogP contribution in [0.4, 0.5) is 18.9 Å². The lowest BCUT2D eigenvalue weighted by molar-refractivity contribution is -0.137. The lowest BCUT2D eigenvalue weighted by Gasteiger charge is -2.21. The summed E-state index contributed by atoms with van der Waals surface area (Å²) >= 11 is 1.26. The highest BCUT2D eigenvalue weighted by atomic mass is 32.1. The summed E-state index contributed by atoms with van der Waals surface area (Å²) in [6, 6.07) is 3.84. The number of hydrogen-bond acceptors (Lipinski definition) is 5. The smallest absolute Gasteiger partial charge is 0.376 e. The first kappa shape index (κ1) is 25.5. The van der Waals surface area contributed by atoms with Crippen LogP contribution in [0.1, 0.15) is 83.7 Å². The maximum absolute atomic E-state index is 13.1. The number of amides is 2. The molecule has 190 valence electrons. The fourth-order valence-corrected chi connectivity index (χ4v) is 5.33. The molecule has 2 atom stereocenters. The van der Waals surface area contributed by atoms with Gasteiger partial charge in [-0.05, 0) is 57.2 Å². The first-order valence-electron chi connectivity index (χ1n) is 12.1. The molecule has 2 saturated carbocycles. The van der Waals surface area contributed by atoms with Gasteiger partial charge in [0.2, 0.25) is 5.91 Å². The van der Waals surface area contributed by atoms with Gasteiger partial charge >= 0.3 is 6.18 Å². The zero-order valence-corrected chi connectivity index (χ0v) is 20.7. The fraction of sp³-hybridized carbons (Fsp3) is 0.560. The number of anilines is 1. The molecule has 2 aromatic rings. The minimum atomic E-state index is -4.48. The van der Waals surface area contributed by atoms with Crippen molar-refractivity contribution in [2.24, 2.45) is 5.92 Å². The summed E-state index contributed by atoms with van der Waals surface area (Å²) in [5, 5.41) is 9.02. The average molecular weight is 509 g/mol. The Balaban J connectivity index is 1.41. The van der Waals surface area contributed by atoms with Crippen molar-refractivity contribution in [3.8, 4) is 0 Å². The normalized spacial score (nSPS) is 18.2. The van der Waals surface area contributed by atoms with E-state index < -0.39 is 17.8 Å². The number of nitrogens with one attached hydrogen (secondary N) is 3. The lowest BCUT2D eigenvalue weighted by atomic mass is 9.97. The second kappa shape index (κ2) is 10.6. The maximum atomic E-state index is 13.1. The van der Waals surface area contributed by atoms with E-state index in [2.05, 4.69) is 20.9 Å². The third kappa shape index (κ3) is 6.74. The molecule has 4 rings (SSSR count). The van der Waals surface area contributed by atoms with Crippen LogP contribution in [0.25, 0.3) is 0 Å². The highest BCUT2D eigenvalue weighted by Crippen LogP contribution is 2.33. The van der Waals surface area contributed by atoms with E-state index in [1.165, 1.54) is 11.3 Å². The summed E-state index contributed by atoms with van der Waals surface area (Å²) in [6.45, 7) is 3.46. The third-order valence-electron chi connectivity index (χ3n) is 6.65. The van der Waals surface area contributed by atoms with Crippen LogP contribution < -0.4 is 16.0 Å². The van der Waals surface area contributed by atoms with E-state index in [1.54, 1.807) is 19.1 Å². The first-order chi connectivity index (χ1) is 16.6. The van der Waals surface area contributed by atoms with Crippen LogP contribution in [-0.2, 0) is 11.0 Å². The van der Waals surface area contributed by atoms with Crippen molar-refractivity contribution in [3.63, 3.8) is 0 Å². The Labute approximate surface area is 207 Å². The van der Waals surface area contributed by atoms with Crippen LogP contribution in [0.5, 0.6) is 0 Å². The third-order valence-corrected chi connectivity index (χ3v) is 7.92. The second-order valence-corrected chi connectivity index (χ2v) is 10.7. The van der Waals surface area contributed by atoms with Gasteiger partial charge in [-0.25, -0.2) is 0 Å². The summed E-state index contributed by atoms with van der Waals surface area (Å²) in [5.41, 5.74) is -0.0715. The SMILES string of the molecule is Cc1ncc(C(F)(F)F)cc1N[C@@H](C)c1ccc(C(=O)N[C@@H](CC2CCCC2)C(=O)NC2CC2)s1. The Bertz CT molecular complexity index is 1060. The number of aromatic nitrogens is 1. The number of hydrogen-bond donors (Lipinski definition) is 3. The molecule has 2 fully saturated rings. The monoisotopic (exact) mass is 508 g/mol. The molecular weight excluding hydrogens is 477 g/mol. The van der Waals surface area contributed by atoms with Crippen molar-refractivity contribution < 1.29 is 22.8 Å². The largest absolute Gasteiger partial charge is 0.417 e. The molecule has 0 aromatic carbocycles. The highest BCUT2D eigenvalue weighted by Gasteiger charge is 2.33. The number of halogens is 3. The van der Waals surface area contributed by atoms with Crippen LogP contribution in [0.15, 0.2) is 24.4 Å². The van der Waals surface area contributed by atoms with Crippen LogP contribution >= 0.6 is 11.3 Å². The summed E-state index contributed by atoms with van der Waals surface area (Å²) in [4.78, 5) is 30.9. The van der Waals surface area contributed by atoms with Crippen molar-refractivity contribution in [3.05, 3.63) is 45.4 Å². The van der Waals surface area contributed by atoms with E-state index in [-0.39, 0.29) is 23.9 Å². The molecule has 0 spiro atoms. The van der Waals surface area contributed by atoms with Gasteiger partial charge in [-0.3, -0.25) is 14.6 Å². The Hall–Kier alpha value is -2.62. The van der Waals surface area contributed by atoms with Crippen molar-refractivity contribution >= 4 is 28.8 Å². The van der Waals surface area contributed by atoms with Gasteiger partial charge in [0.15, 0.2) is 0 Å². The number of alkyl halides is 3. The Morgan fingerprint density at radius 1 is 1.17 bits per heavy atom. The van der Waals surface area contributed by atoms with Crippen molar-refractivity contribution in [1.82, 2.24) is 15.6 Å². The Morgan fingerprint density at radius 2 is 1.89 bits per heavy atom. The van der Waals surface area contributed by atoms with Gasteiger partial charge in [0, 0.05) is 17.1 Å². The van der Waals surface area contributed by atoms with E-state index in [1.807, 2.05) is 6.92 Å². The standard InChI is InChI=1S/C25H31F3N4O2S/c1-14-19(12-17(13-29-14)25(26,27)28)30-15(2)21-9-10-22(35-21)24(34)32-20(11-16-5-3-4-6-16)23(33)31-18-7-8-18/h9-10,12-13,15-16,18,20,30H,3-8,11H2,1-2H3,(H,31,33)(H,32,34)/t15-,20-/m0/s1. The molecule has 10 heteroatoms. The van der Waals surface area contributed by atoms with E-state index in [0.717, 1.165) is 55.7 Å². The maximum Gasteiger partial charge on any atom is 0.417 e. The molecule has 0 radical (unpaired) electrons. The van der Waals surface area contributed by atoms with Gasteiger partial charge in [0.25, 0.3) is 5.91 Å². The average Bonchev–Trinajstić information content (AvgIpc) is 3.25. The molecule has 2 aliphatic carbocycles.